The topological polar surface area (TPSA) is 66.8 Å². The van der Waals surface area contributed by atoms with Gasteiger partial charge in [0.1, 0.15) is 0 Å². The Hall–Kier alpha value is -2.43. The third-order valence-electron chi connectivity index (χ3n) is 3.68. The Morgan fingerprint density at radius 3 is 2.29 bits per heavy atom. The number of hydrogen-bond donors (Lipinski definition) is 2. The highest BCUT2D eigenvalue weighted by molar-refractivity contribution is 5.71. The minimum absolute atomic E-state index is 0.00889. The van der Waals surface area contributed by atoms with Gasteiger partial charge in [0.15, 0.2) is 0 Å². The number of benzene rings is 2. The fraction of sp³-hybridized carbons (Fsp3) is 0.250. The van der Waals surface area contributed by atoms with Crippen LogP contribution in [0.1, 0.15) is 17.5 Å². The molecule has 2 aromatic rings. The molecule has 4 heteroatoms. The number of allylic oxidation sites excluding steroid dienone is 1. The zero-order valence-corrected chi connectivity index (χ0v) is 13.4. The van der Waals surface area contributed by atoms with Gasteiger partial charge in [-0.15, -0.1) is 0 Å². The first kappa shape index (κ1) is 17.9. The molecule has 2 unspecified atom stereocenters. The molecule has 0 spiro atoms. The van der Waals surface area contributed by atoms with Crippen LogP contribution < -0.4 is 0 Å². The first-order valence-electron chi connectivity index (χ1n) is 7.91. The molecule has 0 aliphatic carbocycles. The minimum Gasteiger partial charge on any atom is -0.481 e. The summed E-state index contributed by atoms with van der Waals surface area (Å²) >= 11 is 0. The summed E-state index contributed by atoms with van der Waals surface area (Å²) in [5.74, 6) is -1.91. The van der Waals surface area contributed by atoms with E-state index < -0.39 is 18.0 Å². The number of aliphatic hydroxyl groups excluding tert-OH is 1. The average Bonchev–Trinajstić information content (AvgIpc) is 2.60. The summed E-state index contributed by atoms with van der Waals surface area (Å²) < 4.78 is 5.44. The van der Waals surface area contributed by atoms with Crippen LogP contribution in [0.3, 0.4) is 0 Å². The van der Waals surface area contributed by atoms with E-state index in [1.54, 1.807) is 6.08 Å². The highest BCUT2D eigenvalue weighted by atomic mass is 16.5. The predicted molar refractivity (Wildman–Crippen MR) is 93.3 cm³/mol. The molecule has 0 amide bonds. The second-order valence-electron chi connectivity index (χ2n) is 5.56. The SMILES string of the molecule is O=C(O)C(CC=Cc1ccccc1)C(O)COCc1ccccc1. The molecule has 0 saturated carbocycles. The van der Waals surface area contributed by atoms with Gasteiger partial charge in [0.25, 0.3) is 0 Å². The molecule has 24 heavy (non-hydrogen) atoms. The molecule has 0 saturated heterocycles. The van der Waals surface area contributed by atoms with Crippen LogP contribution in [-0.2, 0) is 16.1 Å². The van der Waals surface area contributed by atoms with E-state index in [4.69, 9.17) is 4.74 Å². The van der Waals surface area contributed by atoms with E-state index in [0.29, 0.717) is 6.61 Å². The third kappa shape index (κ3) is 5.99. The van der Waals surface area contributed by atoms with Crippen molar-refractivity contribution in [2.45, 2.75) is 19.1 Å². The number of carboxylic acids is 1. The van der Waals surface area contributed by atoms with Gasteiger partial charge in [-0.3, -0.25) is 4.79 Å². The maximum Gasteiger partial charge on any atom is 0.309 e. The van der Waals surface area contributed by atoms with Gasteiger partial charge in [0, 0.05) is 0 Å². The summed E-state index contributed by atoms with van der Waals surface area (Å²) in [4.78, 5) is 11.4. The van der Waals surface area contributed by atoms with Gasteiger partial charge >= 0.3 is 5.97 Å². The summed E-state index contributed by atoms with van der Waals surface area (Å²) in [6, 6.07) is 19.2. The summed E-state index contributed by atoms with van der Waals surface area (Å²) in [6.45, 7) is 0.342. The number of carbonyl (C=O) groups is 1. The fourth-order valence-electron chi connectivity index (χ4n) is 2.33. The first-order chi connectivity index (χ1) is 11.7. The molecular weight excluding hydrogens is 304 g/mol. The number of carboxylic acid groups (broad SMARTS) is 1. The van der Waals surface area contributed by atoms with Crippen LogP contribution in [0.2, 0.25) is 0 Å². The van der Waals surface area contributed by atoms with Crippen molar-refractivity contribution < 1.29 is 19.7 Å². The number of hydrogen-bond acceptors (Lipinski definition) is 3. The standard InChI is InChI=1S/C20H22O4/c21-19(15-24-14-17-10-5-2-6-11-17)18(20(22)23)13-7-12-16-8-3-1-4-9-16/h1-12,18-19,21H,13-15H2,(H,22,23). The maximum absolute atomic E-state index is 11.4. The Bertz CT molecular complexity index is 637. The van der Waals surface area contributed by atoms with Crippen LogP contribution in [0.5, 0.6) is 0 Å². The van der Waals surface area contributed by atoms with Crippen molar-refractivity contribution in [1.29, 1.82) is 0 Å². The molecule has 0 aliphatic heterocycles. The molecule has 2 atom stereocenters. The highest BCUT2D eigenvalue weighted by Crippen LogP contribution is 2.14. The van der Waals surface area contributed by atoms with Crippen molar-refractivity contribution in [2.75, 3.05) is 6.61 Å². The molecular formula is C20H22O4. The van der Waals surface area contributed by atoms with Crippen molar-refractivity contribution in [3.05, 3.63) is 77.9 Å². The van der Waals surface area contributed by atoms with Crippen LogP contribution in [0.4, 0.5) is 0 Å². The Morgan fingerprint density at radius 2 is 1.67 bits per heavy atom. The Morgan fingerprint density at radius 1 is 1.04 bits per heavy atom. The second-order valence-corrected chi connectivity index (χ2v) is 5.56. The van der Waals surface area contributed by atoms with Gasteiger partial charge in [-0.25, -0.2) is 0 Å². The third-order valence-corrected chi connectivity index (χ3v) is 3.68. The van der Waals surface area contributed by atoms with Gasteiger partial charge < -0.3 is 14.9 Å². The van der Waals surface area contributed by atoms with Crippen molar-refractivity contribution in [3.8, 4) is 0 Å². The molecule has 0 radical (unpaired) electrons. The van der Waals surface area contributed by atoms with E-state index in [9.17, 15) is 15.0 Å². The molecule has 0 heterocycles. The van der Waals surface area contributed by atoms with Crippen LogP contribution in [-0.4, -0.2) is 28.9 Å². The van der Waals surface area contributed by atoms with E-state index in [1.807, 2.05) is 66.7 Å². The van der Waals surface area contributed by atoms with E-state index in [2.05, 4.69) is 0 Å². The van der Waals surface area contributed by atoms with Crippen molar-refractivity contribution >= 4 is 12.0 Å². The van der Waals surface area contributed by atoms with Gasteiger partial charge in [0.2, 0.25) is 0 Å². The lowest BCUT2D eigenvalue weighted by Gasteiger charge is -2.18. The van der Waals surface area contributed by atoms with Crippen LogP contribution in [0.25, 0.3) is 6.08 Å². The Balaban J connectivity index is 1.82. The smallest absolute Gasteiger partial charge is 0.309 e. The van der Waals surface area contributed by atoms with E-state index in [1.165, 1.54) is 0 Å². The fourth-order valence-corrected chi connectivity index (χ4v) is 2.33. The Labute approximate surface area is 142 Å². The molecule has 0 fully saturated rings. The van der Waals surface area contributed by atoms with E-state index in [-0.39, 0.29) is 13.0 Å². The monoisotopic (exact) mass is 326 g/mol. The van der Waals surface area contributed by atoms with Crippen LogP contribution in [0.15, 0.2) is 66.7 Å². The summed E-state index contributed by atoms with van der Waals surface area (Å²) in [6.07, 6.45) is 2.83. The first-order valence-corrected chi connectivity index (χ1v) is 7.91. The molecule has 2 N–H and O–H groups in total. The predicted octanol–water partition coefficient (Wildman–Crippen LogP) is 3.37. The van der Waals surface area contributed by atoms with E-state index >= 15 is 0 Å². The normalized spacial score (nSPS) is 13.7. The zero-order chi connectivity index (χ0) is 17.2. The number of aliphatic hydroxyl groups is 1. The highest BCUT2D eigenvalue weighted by Gasteiger charge is 2.25. The van der Waals surface area contributed by atoms with Crippen LogP contribution in [0, 0.1) is 5.92 Å². The lowest BCUT2D eigenvalue weighted by atomic mass is 9.98. The number of aliphatic carboxylic acids is 1. The number of ether oxygens (including phenoxy) is 1. The van der Waals surface area contributed by atoms with E-state index in [0.717, 1.165) is 11.1 Å². The largest absolute Gasteiger partial charge is 0.481 e. The molecule has 0 aliphatic rings. The minimum atomic E-state index is -1.05. The van der Waals surface area contributed by atoms with Crippen LogP contribution >= 0.6 is 0 Å². The Kier molecular flexibility index (Phi) is 7.21. The average molecular weight is 326 g/mol. The second kappa shape index (κ2) is 9.65. The summed E-state index contributed by atoms with van der Waals surface area (Å²) in [5.41, 5.74) is 1.98. The lowest BCUT2D eigenvalue weighted by molar-refractivity contribution is -0.147. The van der Waals surface area contributed by atoms with Gasteiger partial charge in [0.05, 0.1) is 25.2 Å². The van der Waals surface area contributed by atoms with Gasteiger partial charge in [-0.1, -0.05) is 72.8 Å². The molecule has 0 bridgehead atoms. The van der Waals surface area contributed by atoms with Gasteiger partial charge in [-0.2, -0.15) is 0 Å². The van der Waals surface area contributed by atoms with Gasteiger partial charge in [-0.05, 0) is 17.5 Å². The molecule has 4 nitrogen and oxygen atoms in total. The summed E-state index contributed by atoms with van der Waals surface area (Å²) in [5, 5.41) is 19.4. The lowest BCUT2D eigenvalue weighted by Crippen LogP contribution is -2.31. The van der Waals surface area contributed by atoms with Crippen molar-refractivity contribution in [1.82, 2.24) is 0 Å². The maximum atomic E-state index is 11.4. The molecule has 0 aromatic heterocycles. The molecule has 126 valence electrons. The zero-order valence-electron chi connectivity index (χ0n) is 13.4. The molecule has 2 aromatic carbocycles. The summed E-state index contributed by atoms with van der Waals surface area (Å²) in [7, 11) is 0. The molecule has 2 rings (SSSR count). The van der Waals surface area contributed by atoms with Crippen molar-refractivity contribution in [3.63, 3.8) is 0 Å². The van der Waals surface area contributed by atoms with Crippen molar-refractivity contribution in [2.24, 2.45) is 5.92 Å². The quantitative estimate of drug-likeness (QED) is 0.741. The number of rotatable bonds is 9.